The lowest BCUT2D eigenvalue weighted by molar-refractivity contribution is -0.139. The fourth-order valence-corrected chi connectivity index (χ4v) is 1.02. The average molecular weight is 190 g/mol. The normalized spacial score (nSPS) is 13.2. The van der Waals surface area contributed by atoms with Crippen LogP contribution in [0.3, 0.4) is 0 Å². The van der Waals surface area contributed by atoms with Crippen LogP contribution < -0.4 is 17.2 Å². The predicted octanol–water partition coefficient (Wildman–Crippen LogP) is -2.38. The molecule has 0 spiro atoms. The predicted molar refractivity (Wildman–Crippen MR) is 50.2 cm³/mol. The van der Waals surface area contributed by atoms with Gasteiger partial charge in [0.05, 0.1) is 0 Å². The highest BCUT2D eigenvalue weighted by Gasteiger charge is 2.15. The van der Waals surface area contributed by atoms with Crippen LogP contribution in [0.15, 0.2) is 0 Å². The van der Waals surface area contributed by atoms with E-state index >= 15 is 0 Å². The van der Waals surface area contributed by atoms with Crippen molar-refractivity contribution in [2.45, 2.75) is 6.04 Å². The SMILES string of the molecule is NCCN(CCN)C[C@@H](N)C(=O)O. The molecular formula is C7H18N4O2. The number of nitrogens with two attached hydrogens (primary N) is 3. The Morgan fingerprint density at radius 2 is 1.77 bits per heavy atom. The highest BCUT2D eigenvalue weighted by Crippen LogP contribution is 1.89. The summed E-state index contributed by atoms with van der Waals surface area (Å²) in [5.41, 5.74) is 16.0. The van der Waals surface area contributed by atoms with Crippen molar-refractivity contribution in [1.29, 1.82) is 0 Å². The minimum Gasteiger partial charge on any atom is -0.480 e. The largest absolute Gasteiger partial charge is 0.480 e. The zero-order valence-corrected chi connectivity index (χ0v) is 7.65. The molecule has 0 amide bonds. The van der Waals surface area contributed by atoms with Crippen molar-refractivity contribution in [2.24, 2.45) is 17.2 Å². The number of carboxylic acid groups (broad SMARTS) is 1. The lowest BCUT2D eigenvalue weighted by atomic mass is 10.3. The zero-order valence-electron chi connectivity index (χ0n) is 7.65. The molecule has 0 aromatic carbocycles. The molecule has 1 atom stereocenters. The summed E-state index contributed by atoms with van der Waals surface area (Å²) < 4.78 is 0. The van der Waals surface area contributed by atoms with E-state index in [1.54, 1.807) is 0 Å². The molecule has 0 aromatic rings. The average Bonchev–Trinajstić information content (AvgIpc) is 2.05. The molecule has 0 aromatic heterocycles. The molecule has 0 heterocycles. The summed E-state index contributed by atoms with van der Waals surface area (Å²) in [6.07, 6.45) is 0. The van der Waals surface area contributed by atoms with Gasteiger partial charge in [0, 0.05) is 32.7 Å². The highest BCUT2D eigenvalue weighted by atomic mass is 16.4. The maximum Gasteiger partial charge on any atom is 0.321 e. The van der Waals surface area contributed by atoms with Gasteiger partial charge in [0.2, 0.25) is 0 Å². The Balaban J connectivity index is 3.85. The van der Waals surface area contributed by atoms with Crippen LogP contribution in [0.25, 0.3) is 0 Å². The molecule has 0 radical (unpaired) electrons. The van der Waals surface area contributed by atoms with E-state index < -0.39 is 12.0 Å². The van der Waals surface area contributed by atoms with E-state index in [1.807, 2.05) is 4.90 Å². The number of rotatable bonds is 7. The van der Waals surface area contributed by atoms with Crippen LogP contribution in [0.5, 0.6) is 0 Å². The Kier molecular flexibility index (Phi) is 6.43. The summed E-state index contributed by atoms with van der Waals surface area (Å²) in [6, 6.07) is -0.863. The van der Waals surface area contributed by atoms with E-state index in [0.29, 0.717) is 32.7 Å². The van der Waals surface area contributed by atoms with Gasteiger partial charge in [0.1, 0.15) is 6.04 Å². The Morgan fingerprint density at radius 3 is 2.08 bits per heavy atom. The highest BCUT2D eigenvalue weighted by molar-refractivity contribution is 5.73. The van der Waals surface area contributed by atoms with Gasteiger partial charge >= 0.3 is 5.97 Å². The maximum absolute atomic E-state index is 10.4. The van der Waals surface area contributed by atoms with E-state index in [4.69, 9.17) is 22.3 Å². The Morgan fingerprint density at radius 1 is 1.31 bits per heavy atom. The number of aliphatic carboxylic acids is 1. The molecule has 0 unspecified atom stereocenters. The zero-order chi connectivity index (χ0) is 10.3. The molecule has 13 heavy (non-hydrogen) atoms. The van der Waals surface area contributed by atoms with Gasteiger partial charge in [-0.05, 0) is 0 Å². The number of hydrogen-bond donors (Lipinski definition) is 4. The van der Waals surface area contributed by atoms with Crippen LogP contribution in [0, 0.1) is 0 Å². The van der Waals surface area contributed by atoms with Crippen molar-refractivity contribution in [1.82, 2.24) is 4.90 Å². The first-order valence-corrected chi connectivity index (χ1v) is 4.22. The molecule has 78 valence electrons. The summed E-state index contributed by atoms with van der Waals surface area (Å²) >= 11 is 0. The van der Waals surface area contributed by atoms with Crippen LogP contribution >= 0.6 is 0 Å². The third-order valence-electron chi connectivity index (χ3n) is 1.66. The number of nitrogens with zero attached hydrogens (tertiary/aromatic N) is 1. The molecular weight excluding hydrogens is 172 g/mol. The van der Waals surface area contributed by atoms with Gasteiger partial charge in [-0.1, -0.05) is 0 Å². The topological polar surface area (TPSA) is 119 Å². The third kappa shape index (κ3) is 5.53. The standard InChI is InChI=1S/C7H18N4O2/c8-1-3-11(4-2-9)5-6(10)7(12)13/h6H,1-5,8-10H2,(H,12,13)/t6-/m1/s1. The van der Waals surface area contributed by atoms with Crippen LogP contribution in [-0.4, -0.2) is 54.7 Å². The number of carbonyl (C=O) groups is 1. The molecule has 0 rings (SSSR count). The third-order valence-corrected chi connectivity index (χ3v) is 1.66. The molecule has 0 saturated carbocycles. The van der Waals surface area contributed by atoms with Gasteiger partial charge in [-0.25, -0.2) is 0 Å². The van der Waals surface area contributed by atoms with E-state index in [9.17, 15) is 4.79 Å². The first-order valence-electron chi connectivity index (χ1n) is 4.22. The van der Waals surface area contributed by atoms with Crippen molar-refractivity contribution in [2.75, 3.05) is 32.7 Å². The van der Waals surface area contributed by atoms with Gasteiger partial charge in [0.25, 0.3) is 0 Å². The maximum atomic E-state index is 10.4. The monoisotopic (exact) mass is 190 g/mol. The molecule has 0 aliphatic carbocycles. The second-order valence-corrected chi connectivity index (χ2v) is 2.82. The number of carboxylic acids is 1. The van der Waals surface area contributed by atoms with Crippen molar-refractivity contribution in [3.63, 3.8) is 0 Å². The molecule has 6 heteroatoms. The molecule has 0 bridgehead atoms. The van der Waals surface area contributed by atoms with Gasteiger partial charge < -0.3 is 22.3 Å². The summed E-state index contributed by atoms with van der Waals surface area (Å²) in [5, 5.41) is 8.55. The molecule has 0 saturated heterocycles. The quantitative estimate of drug-likeness (QED) is 0.356. The van der Waals surface area contributed by atoms with E-state index in [0.717, 1.165) is 0 Å². The second-order valence-electron chi connectivity index (χ2n) is 2.82. The fourth-order valence-electron chi connectivity index (χ4n) is 1.02. The van der Waals surface area contributed by atoms with Crippen molar-refractivity contribution >= 4 is 5.97 Å². The fraction of sp³-hybridized carbons (Fsp3) is 0.857. The van der Waals surface area contributed by atoms with Gasteiger partial charge in [-0.3, -0.25) is 9.69 Å². The Labute approximate surface area is 77.7 Å². The number of hydrogen-bond acceptors (Lipinski definition) is 5. The van der Waals surface area contributed by atoms with Gasteiger partial charge in [-0.15, -0.1) is 0 Å². The summed E-state index contributed by atoms with van der Waals surface area (Å²) in [4.78, 5) is 12.3. The lowest BCUT2D eigenvalue weighted by Gasteiger charge is -2.22. The molecule has 0 aliphatic heterocycles. The second kappa shape index (κ2) is 6.79. The Bertz CT molecular complexity index is 147. The van der Waals surface area contributed by atoms with E-state index in [-0.39, 0.29) is 0 Å². The van der Waals surface area contributed by atoms with Crippen LogP contribution in [-0.2, 0) is 4.79 Å². The van der Waals surface area contributed by atoms with Crippen LogP contribution in [0.1, 0.15) is 0 Å². The first kappa shape index (κ1) is 12.3. The van der Waals surface area contributed by atoms with E-state index in [1.165, 1.54) is 0 Å². The molecule has 7 N–H and O–H groups in total. The van der Waals surface area contributed by atoms with E-state index in [2.05, 4.69) is 0 Å². The Hall–Kier alpha value is -0.690. The first-order chi connectivity index (χ1) is 6.11. The van der Waals surface area contributed by atoms with Crippen molar-refractivity contribution in [3.8, 4) is 0 Å². The van der Waals surface area contributed by atoms with Gasteiger partial charge in [0.15, 0.2) is 0 Å². The minimum absolute atomic E-state index is 0.295. The molecule has 0 aliphatic rings. The molecule has 0 fully saturated rings. The minimum atomic E-state index is -1.00. The summed E-state index contributed by atoms with van der Waals surface area (Å²) in [5.74, 6) is -1.00. The summed E-state index contributed by atoms with van der Waals surface area (Å²) in [6.45, 7) is 2.50. The smallest absolute Gasteiger partial charge is 0.321 e. The van der Waals surface area contributed by atoms with Gasteiger partial charge in [-0.2, -0.15) is 0 Å². The van der Waals surface area contributed by atoms with Crippen molar-refractivity contribution in [3.05, 3.63) is 0 Å². The molecule has 6 nitrogen and oxygen atoms in total. The van der Waals surface area contributed by atoms with Crippen molar-refractivity contribution < 1.29 is 9.90 Å². The lowest BCUT2D eigenvalue weighted by Crippen LogP contribution is -2.45. The summed E-state index contributed by atoms with van der Waals surface area (Å²) in [7, 11) is 0. The van der Waals surface area contributed by atoms with Crippen LogP contribution in [0.4, 0.5) is 0 Å². The van der Waals surface area contributed by atoms with Crippen LogP contribution in [0.2, 0.25) is 0 Å².